The Labute approximate surface area is 204 Å². The van der Waals surface area contributed by atoms with Gasteiger partial charge in [-0.25, -0.2) is 13.5 Å². The Kier molecular flexibility index (Phi) is 9.92. The fraction of sp³-hybridized carbons (Fsp3) is 0.346. The van der Waals surface area contributed by atoms with Crippen LogP contribution in [0.4, 0.5) is 8.78 Å². The lowest BCUT2D eigenvalue weighted by Crippen LogP contribution is -2.36. The number of hydrogen-bond acceptors (Lipinski definition) is 6. The van der Waals surface area contributed by atoms with Gasteiger partial charge in [0, 0.05) is 32.8 Å². The van der Waals surface area contributed by atoms with Crippen molar-refractivity contribution in [3.05, 3.63) is 84.1 Å². The molecule has 1 heterocycles. The maximum Gasteiger partial charge on any atom is 0.227 e. The molecule has 0 aliphatic carbocycles. The van der Waals surface area contributed by atoms with Crippen molar-refractivity contribution in [2.45, 2.75) is 19.6 Å². The van der Waals surface area contributed by atoms with Crippen LogP contribution in [0.3, 0.4) is 0 Å². The molecule has 0 bridgehead atoms. The third-order valence-corrected chi connectivity index (χ3v) is 5.23. The molecule has 0 radical (unpaired) electrons. The minimum Gasteiger partial charge on any atom is -0.438 e. The molecular weight excluding hydrogens is 456 g/mol. The lowest BCUT2D eigenvalue weighted by Gasteiger charge is -2.25. The molecule has 0 saturated heterocycles. The first-order valence-electron chi connectivity index (χ1n) is 11.3. The van der Waals surface area contributed by atoms with Crippen molar-refractivity contribution in [1.29, 1.82) is 0 Å². The van der Waals surface area contributed by atoms with Gasteiger partial charge in [-0.05, 0) is 43.3 Å². The first-order valence-corrected chi connectivity index (χ1v) is 11.3. The van der Waals surface area contributed by atoms with E-state index < -0.39 is 11.9 Å². The largest absolute Gasteiger partial charge is 0.438 e. The average molecular weight is 488 g/mol. The molecular formula is C26H31F2N3O4. The summed E-state index contributed by atoms with van der Waals surface area (Å²) >= 11 is 0. The molecule has 188 valence electrons. The molecule has 0 aliphatic rings. The zero-order chi connectivity index (χ0) is 25.2. The zero-order valence-electron chi connectivity index (χ0n) is 20.0. The van der Waals surface area contributed by atoms with Gasteiger partial charge in [-0.1, -0.05) is 12.1 Å². The van der Waals surface area contributed by atoms with Crippen LogP contribution in [0.15, 0.2) is 61.2 Å². The van der Waals surface area contributed by atoms with Gasteiger partial charge >= 0.3 is 0 Å². The van der Waals surface area contributed by atoms with E-state index in [0.29, 0.717) is 55.9 Å². The fourth-order valence-corrected chi connectivity index (χ4v) is 3.54. The van der Waals surface area contributed by atoms with Gasteiger partial charge in [-0.2, -0.15) is 5.10 Å². The van der Waals surface area contributed by atoms with Crippen LogP contribution in [0.5, 0.6) is 11.6 Å². The van der Waals surface area contributed by atoms with E-state index >= 15 is 0 Å². The van der Waals surface area contributed by atoms with Gasteiger partial charge in [0.05, 0.1) is 42.9 Å². The van der Waals surface area contributed by atoms with Crippen LogP contribution in [0, 0.1) is 18.6 Å². The molecule has 9 heteroatoms. The second-order valence-electron chi connectivity index (χ2n) is 8.02. The number of aliphatic hydroxyl groups excluding tert-OH is 1. The van der Waals surface area contributed by atoms with Crippen LogP contribution < -0.4 is 4.74 Å². The Morgan fingerprint density at radius 2 is 1.94 bits per heavy atom. The van der Waals surface area contributed by atoms with Gasteiger partial charge in [0.25, 0.3) is 0 Å². The molecule has 3 rings (SSSR count). The molecule has 0 unspecified atom stereocenters. The molecule has 1 atom stereocenters. The van der Waals surface area contributed by atoms with E-state index in [1.165, 1.54) is 24.3 Å². The highest BCUT2D eigenvalue weighted by atomic mass is 19.1. The normalized spacial score (nSPS) is 12.2. The monoisotopic (exact) mass is 487 g/mol. The van der Waals surface area contributed by atoms with Crippen molar-refractivity contribution in [2.75, 3.05) is 40.0 Å². The van der Waals surface area contributed by atoms with Crippen LogP contribution >= 0.6 is 0 Å². The number of methoxy groups -OCH3 is 1. The topological polar surface area (TPSA) is 69.0 Å². The second kappa shape index (κ2) is 13.1. The average Bonchev–Trinajstić information content (AvgIpc) is 3.13. The van der Waals surface area contributed by atoms with Crippen molar-refractivity contribution in [1.82, 2.24) is 14.7 Å². The smallest absolute Gasteiger partial charge is 0.227 e. The van der Waals surface area contributed by atoms with Gasteiger partial charge in [-0.3, -0.25) is 4.90 Å². The standard InChI is InChI=1S/C26H31F2N3O4/c1-4-13-34-18-23(32)16-30(12-14-33-3)17-25-19(2)29-31(22-10-8-20(27)9-11-22)26(25)35-24-7-5-6-21(28)15-24/h4-11,15,23,32H,1,12-14,16-18H2,2-3H3/t23-/m0/s1. The molecule has 2 aromatic carbocycles. The van der Waals surface area contributed by atoms with Gasteiger partial charge in [-0.15, -0.1) is 6.58 Å². The molecule has 3 aromatic rings. The summed E-state index contributed by atoms with van der Waals surface area (Å²) < 4.78 is 45.7. The molecule has 1 aromatic heterocycles. The van der Waals surface area contributed by atoms with E-state index in [4.69, 9.17) is 14.2 Å². The summed E-state index contributed by atoms with van der Waals surface area (Å²) in [5, 5.41) is 15.1. The lowest BCUT2D eigenvalue weighted by molar-refractivity contribution is 0.0192. The first kappa shape index (κ1) is 26.5. The highest BCUT2D eigenvalue weighted by molar-refractivity contribution is 5.43. The summed E-state index contributed by atoms with van der Waals surface area (Å²) in [5.41, 5.74) is 2.02. The summed E-state index contributed by atoms with van der Waals surface area (Å²) in [4.78, 5) is 2.00. The van der Waals surface area contributed by atoms with Crippen LogP contribution in [-0.4, -0.2) is 65.9 Å². The molecule has 0 saturated carbocycles. The Balaban J connectivity index is 1.94. The van der Waals surface area contributed by atoms with Crippen molar-refractivity contribution in [3.63, 3.8) is 0 Å². The van der Waals surface area contributed by atoms with E-state index in [-0.39, 0.29) is 12.4 Å². The number of rotatable bonds is 14. The summed E-state index contributed by atoms with van der Waals surface area (Å²) in [7, 11) is 1.61. The van der Waals surface area contributed by atoms with Crippen molar-refractivity contribution >= 4 is 0 Å². The van der Waals surface area contributed by atoms with E-state index in [1.807, 2.05) is 11.8 Å². The number of hydrogen-bond donors (Lipinski definition) is 1. The van der Waals surface area contributed by atoms with Crippen molar-refractivity contribution in [3.8, 4) is 17.3 Å². The number of nitrogens with zero attached hydrogens (tertiary/aromatic N) is 3. The quantitative estimate of drug-likeness (QED) is 0.271. The van der Waals surface area contributed by atoms with E-state index in [1.54, 1.807) is 42.1 Å². The fourth-order valence-electron chi connectivity index (χ4n) is 3.54. The first-order chi connectivity index (χ1) is 16.9. The molecule has 0 fully saturated rings. The molecule has 35 heavy (non-hydrogen) atoms. The Bertz CT molecular complexity index is 1090. The molecule has 0 aliphatic heterocycles. The summed E-state index contributed by atoms with van der Waals surface area (Å²) in [6.07, 6.45) is 0.894. The predicted octanol–water partition coefficient (Wildman–Crippen LogP) is 4.26. The minimum absolute atomic E-state index is 0.163. The van der Waals surface area contributed by atoms with Crippen LogP contribution in [0.1, 0.15) is 11.3 Å². The zero-order valence-corrected chi connectivity index (χ0v) is 20.0. The number of benzene rings is 2. The lowest BCUT2D eigenvalue weighted by atomic mass is 10.2. The van der Waals surface area contributed by atoms with Crippen molar-refractivity contribution < 1.29 is 28.1 Å². The van der Waals surface area contributed by atoms with E-state index in [9.17, 15) is 13.9 Å². The van der Waals surface area contributed by atoms with E-state index in [2.05, 4.69) is 11.7 Å². The third kappa shape index (κ3) is 7.69. The number of ether oxygens (including phenoxy) is 3. The second-order valence-corrected chi connectivity index (χ2v) is 8.02. The molecule has 0 amide bonds. The van der Waals surface area contributed by atoms with Gasteiger partial charge in [0.15, 0.2) is 0 Å². The highest BCUT2D eigenvalue weighted by Gasteiger charge is 2.23. The Morgan fingerprint density at radius 1 is 1.17 bits per heavy atom. The number of aliphatic hydroxyl groups is 1. The SMILES string of the molecule is C=CCOC[C@@H](O)CN(CCOC)Cc1c(C)nn(-c2ccc(F)cc2)c1Oc1cccc(F)c1. The van der Waals surface area contributed by atoms with Crippen LogP contribution in [-0.2, 0) is 16.0 Å². The minimum atomic E-state index is -0.730. The Hall–Kier alpha value is -3.11. The van der Waals surface area contributed by atoms with Crippen molar-refractivity contribution in [2.24, 2.45) is 0 Å². The Morgan fingerprint density at radius 3 is 2.63 bits per heavy atom. The molecule has 0 spiro atoms. The van der Waals surface area contributed by atoms with Crippen LogP contribution in [0.25, 0.3) is 5.69 Å². The summed E-state index contributed by atoms with van der Waals surface area (Å²) in [6, 6.07) is 11.7. The number of aryl methyl sites for hydroxylation is 1. The van der Waals surface area contributed by atoms with Crippen LogP contribution in [0.2, 0.25) is 0 Å². The summed E-state index contributed by atoms with van der Waals surface area (Å²) in [5.74, 6) is -0.128. The highest BCUT2D eigenvalue weighted by Crippen LogP contribution is 2.32. The maximum absolute atomic E-state index is 13.9. The van der Waals surface area contributed by atoms with E-state index in [0.717, 1.165) is 5.56 Å². The maximum atomic E-state index is 13.9. The van der Waals surface area contributed by atoms with Gasteiger partial charge in [0.2, 0.25) is 5.88 Å². The number of aromatic nitrogens is 2. The number of halogens is 2. The van der Waals surface area contributed by atoms with Gasteiger partial charge < -0.3 is 19.3 Å². The molecule has 1 N–H and O–H groups in total. The summed E-state index contributed by atoms with van der Waals surface area (Å²) in [6.45, 7) is 7.64. The van der Waals surface area contributed by atoms with Gasteiger partial charge in [0.1, 0.15) is 17.4 Å². The predicted molar refractivity (Wildman–Crippen MR) is 129 cm³/mol. The molecule has 7 nitrogen and oxygen atoms in total. The third-order valence-electron chi connectivity index (χ3n) is 5.23.